The zero-order valence-corrected chi connectivity index (χ0v) is 14.8. The van der Waals surface area contributed by atoms with Gasteiger partial charge < -0.3 is 13.9 Å². The lowest BCUT2D eigenvalue weighted by Gasteiger charge is -2.13. The lowest BCUT2D eigenvalue weighted by Crippen LogP contribution is -2.10. The SMILES string of the molecule is Bc1cc(COc2cc(C)ccc2CC(=O)OCC)cc2ccoc12. The lowest BCUT2D eigenvalue weighted by molar-refractivity contribution is -0.142. The smallest absolute Gasteiger partial charge is 0.310 e. The first-order chi connectivity index (χ1) is 12.1. The summed E-state index contributed by atoms with van der Waals surface area (Å²) < 4.78 is 16.5. The van der Waals surface area contributed by atoms with Crippen molar-refractivity contribution < 1.29 is 18.7 Å². The van der Waals surface area contributed by atoms with E-state index in [1.165, 1.54) is 0 Å². The lowest BCUT2D eigenvalue weighted by atomic mass is 9.92. The molecule has 2 aromatic carbocycles. The van der Waals surface area contributed by atoms with Crippen molar-refractivity contribution in [2.24, 2.45) is 0 Å². The zero-order valence-electron chi connectivity index (χ0n) is 14.8. The molecule has 0 aliphatic heterocycles. The van der Waals surface area contributed by atoms with Crippen LogP contribution < -0.4 is 10.2 Å². The number of hydrogen-bond acceptors (Lipinski definition) is 4. The van der Waals surface area contributed by atoms with Crippen molar-refractivity contribution in [2.45, 2.75) is 26.9 Å². The fraction of sp³-hybridized carbons (Fsp3) is 0.250. The fourth-order valence-electron chi connectivity index (χ4n) is 2.89. The first-order valence-electron chi connectivity index (χ1n) is 8.41. The van der Waals surface area contributed by atoms with Crippen molar-refractivity contribution in [3.63, 3.8) is 0 Å². The Labute approximate surface area is 148 Å². The van der Waals surface area contributed by atoms with Crippen LogP contribution >= 0.6 is 0 Å². The summed E-state index contributed by atoms with van der Waals surface area (Å²) in [5.74, 6) is 0.477. The molecular formula is C20H21BO4. The number of aryl methyl sites for hydroxylation is 1. The molecule has 0 bridgehead atoms. The quantitative estimate of drug-likeness (QED) is 0.513. The van der Waals surface area contributed by atoms with E-state index >= 15 is 0 Å². The van der Waals surface area contributed by atoms with Crippen molar-refractivity contribution in [3.05, 3.63) is 59.4 Å². The number of furan rings is 1. The van der Waals surface area contributed by atoms with Crippen LogP contribution in [0.1, 0.15) is 23.6 Å². The van der Waals surface area contributed by atoms with Gasteiger partial charge in [0.05, 0.1) is 19.3 Å². The van der Waals surface area contributed by atoms with Crippen LogP contribution in [-0.4, -0.2) is 20.4 Å². The molecule has 0 fully saturated rings. The maximum Gasteiger partial charge on any atom is 0.310 e. The minimum Gasteiger partial charge on any atom is -0.489 e. The van der Waals surface area contributed by atoms with Crippen LogP contribution in [0.5, 0.6) is 5.75 Å². The molecule has 0 amide bonds. The second-order valence-corrected chi connectivity index (χ2v) is 6.13. The van der Waals surface area contributed by atoms with Crippen LogP contribution in [-0.2, 0) is 22.6 Å². The summed E-state index contributed by atoms with van der Waals surface area (Å²) in [6.45, 7) is 4.62. The van der Waals surface area contributed by atoms with E-state index in [1.54, 1.807) is 13.2 Å². The number of fused-ring (bicyclic) bond motifs is 1. The van der Waals surface area contributed by atoms with E-state index in [4.69, 9.17) is 13.9 Å². The highest BCUT2D eigenvalue weighted by Crippen LogP contribution is 2.23. The minimum absolute atomic E-state index is 0.212. The Balaban J connectivity index is 1.79. The second kappa shape index (κ2) is 7.47. The van der Waals surface area contributed by atoms with Crippen LogP contribution in [0, 0.1) is 6.92 Å². The van der Waals surface area contributed by atoms with Crippen LogP contribution in [0.25, 0.3) is 11.0 Å². The number of ether oxygens (including phenoxy) is 2. The van der Waals surface area contributed by atoms with E-state index < -0.39 is 0 Å². The number of hydrogen-bond donors (Lipinski definition) is 0. The van der Waals surface area contributed by atoms with Gasteiger partial charge in [0.1, 0.15) is 25.8 Å². The van der Waals surface area contributed by atoms with Crippen LogP contribution in [0.2, 0.25) is 0 Å². The van der Waals surface area contributed by atoms with Gasteiger partial charge in [-0.25, -0.2) is 0 Å². The fourth-order valence-corrected chi connectivity index (χ4v) is 2.89. The molecule has 4 nitrogen and oxygen atoms in total. The van der Waals surface area contributed by atoms with Gasteiger partial charge in [-0.2, -0.15) is 0 Å². The maximum absolute atomic E-state index is 11.8. The average molecular weight is 336 g/mol. The first-order valence-corrected chi connectivity index (χ1v) is 8.41. The van der Waals surface area contributed by atoms with Gasteiger partial charge >= 0.3 is 5.97 Å². The molecule has 3 rings (SSSR count). The van der Waals surface area contributed by atoms with Crippen molar-refractivity contribution in [1.82, 2.24) is 0 Å². The van der Waals surface area contributed by atoms with E-state index in [1.807, 2.05) is 39.0 Å². The molecule has 0 unspecified atom stereocenters. The van der Waals surface area contributed by atoms with Crippen molar-refractivity contribution in [2.75, 3.05) is 6.61 Å². The normalized spacial score (nSPS) is 10.8. The summed E-state index contributed by atoms with van der Waals surface area (Å²) in [5, 5.41) is 1.06. The van der Waals surface area contributed by atoms with E-state index in [0.717, 1.165) is 38.9 Å². The van der Waals surface area contributed by atoms with Crippen molar-refractivity contribution in [3.8, 4) is 5.75 Å². The van der Waals surface area contributed by atoms with Crippen LogP contribution in [0.15, 0.2) is 47.1 Å². The molecule has 0 spiro atoms. The van der Waals surface area contributed by atoms with Gasteiger partial charge in [0.2, 0.25) is 0 Å². The molecule has 0 aliphatic carbocycles. The molecule has 0 atom stereocenters. The van der Waals surface area contributed by atoms with E-state index in [0.29, 0.717) is 13.2 Å². The monoisotopic (exact) mass is 336 g/mol. The molecule has 3 aromatic rings. The zero-order chi connectivity index (χ0) is 17.8. The van der Waals surface area contributed by atoms with Gasteiger partial charge in [0.15, 0.2) is 0 Å². The van der Waals surface area contributed by atoms with Crippen molar-refractivity contribution >= 4 is 30.2 Å². The number of esters is 1. The van der Waals surface area contributed by atoms with Gasteiger partial charge in [-0.1, -0.05) is 18.2 Å². The Bertz CT molecular complexity index is 898. The number of benzene rings is 2. The molecule has 1 heterocycles. The highest BCUT2D eigenvalue weighted by molar-refractivity contribution is 6.38. The van der Waals surface area contributed by atoms with E-state index in [-0.39, 0.29) is 12.4 Å². The molecule has 25 heavy (non-hydrogen) atoms. The Morgan fingerprint density at radius 2 is 2.04 bits per heavy atom. The summed E-state index contributed by atoms with van der Waals surface area (Å²) in [7, 11) is 2.02. The topological polar surface area (TPSA) is 48.7 Å². The highest BCUT2D eigenvalue weighted by Gasteiger charge is 2.11. The largest absolute Gasteiger partial charge is 0.489 e. The molecule has 0 N–H and O–H groups in total. The Kier molecular flexibility index (Phi) is 5.12. The predicted octanol–water partition coefficient (Wildman–Crippen LogP) is 2.68. The molecule has 0 saturated heterocycles. The number of rotatable bonds is 6. The van der Waals surface area contributed by atoms with Gasteiger partial charge in [0, 0.05) is 10.9 Å². The maximum atomic E-state index is 11.8. The van der Waals surface area contributed by atoms with Gasteiger partial charge in [0.25, 0.3) is 0 Å². The van der Waals surface area contributed by atoms with Crippen LogP contribution in [0.3, 0.4) is 0 Å². The first kappa shape index (κ1) is 17.1. The Morgan fingerprint density at radius 3 is 2.84 bits per heavy atom. The third-order valence-corrected chi connectivity index (χ3v) is 4.05. The number of carbonyl (C=O) groups excluding carboxylic acids is 1. The van der Waals surface area contributed by atoms with Gasteiger partial charge in [-0.05, 0) is 48.6 Å². The summed E-state index contributed by atoms with van der Waals surface area (Å²) in [5.41, 5.74) is 4.98. The number of carbonyl (C=O) groups is 1. The highest BCUT2D eigenvalue weighted by atomic mass is 16.5. The Hall–Kier alpha value is -2.69. The molecule has 0 aliphatic rings. The molecule has 1 aromatic heterocycles. The third kappa shape index (κ3) is 4.05. The second-order valence-electron chi connectivity index (χ2n) is 6.13. The summed E-state index contributed by atoms with van der Waals surface area (Å²) in [4.78, 5) is 11.8. The molecule has 0 saturated carbocycles. The predicted molar refractivity (Wildman–Crippen MR) is 100 cm³/mol. The minimum atomic E-state index is -0.244. The molecule has 128 valence electrons. The third-order valence-electron chi connectivity index (χ3n) is 4.05. The summed E-state index contributed by atoms with van der Waals surface area (Å²) in [6.07, 6.45) is 1.91. The summed E-state index contributed by atoms with van der Waals surface area (Å²) >= 11 is 0. The standard InChI is InChI=1S/C20H21BO4/c1-3-23-19(22)11-15-5-4-13(2)8-18(15)25-12-14-9-16-6-7-24-20(16)17(21)10-14/h4-10H,3,11-12,21H2,1-2H3. The Morgan fingerprint density at radius 1 is 1.20 bits per heavy atom. The molecule has 5 heteroatoms. The van der Waals surface area contributed by atoms with E-state index in [9.17, 15) is 4.79 Å². The molecule has 0 radical (unpaired) electrons. The van der Waals surface area contributed by atoms with Gasteiger partial charge in [-0.15, -0.1) is 0 Å². The van der Waals surface area contributed by atoms with Crippen molar-refractivity contribution in [1.29, 1.82) is 0 Å². The average Bonchev–Trinajstić information content (AvgIpc) is 3.04. The van der Waals surface area contributed by atoms with Crippen LogP contribution in [0.4, 0.5) is 0 Å². The molecular weight excluding hydrogens is 315 g/mol. The van der Waals surface area contributed by atoms with E-state index in [2.05, 4.69) is 12.1 Å². The van der Waals surface area contributed by atoms with Gasteiger partial charge in [-0.3, -0.25) is 4.79 Å². The summed E-state index contributed by atoms with van der Waals surface area (Å²) in [6, 6.07) is 11.9.